The van der Waals surface area contributed by atoms with Crippen LogP contribution < -0.4 is 4.74 Å². The third-order valence-electron chi connectivity index (χ3n) is 4.74. The summed E-state index contributed by atoms with van der Waals surface area (Å²) in [6, 6.07) is 17.5. The van der Waals surface area contributed by atoms with Crippen molar-refractivity contribution < 1.29 is 14.0 Å². The van der Waals surface area contributed by atoms with Crippen LogP contribution in [0.5, 0.6) is 5.75 Å². The lowest BCUT2D eigenvalue weighted by Gasteiger charge is -2.24. The lowest BCUT2D eigenvalue weighted by atomic mass is 10.1. The molecule has 0 saturated carbocycles. The highest BCUT2D eigenvalue weighted by Gasteiger charge is 2.27. The molecule has 0 bridgehead atoms. The first-order valence-electron chi connectivity index (χ1n) is 8.89. The quantitative estimate of drug-likeness (QED) is 0.541. The highest BCUT2D eigenvalue weighted by atomic mass is 16.5. The van der Waals surface area contributed by atoms with Crippen molar-refractivity contribution in [2.24, 2.45) is 0 Å². The molecule has 1 unspecified atom stereocenters. The molecule has 0 aliphatic carbocycles. The molecule has 2 aromatic carbocycles. The lowest BCUT2D eigenvalue weighted by molar-refractivity contribution is -0.00114. The Labute approximate surface area is 160 Å². The number of aromatic nitrogens is 5. The molecule has 0 N–H and O–H groups in total. The van der Waals surface area contributed by atoms with Gasteiger partial charge in [0.15, 0.2) is 5.69 Å². The second-order valence-corrected chi connectivity index (χ2v) is 6.43. The summed E-state index contributed by atoms with van der Waals surface area (Å²) in [6.07, 6.45) is -0.0990. The van der Waals surface area contributed by atoms with Crippen LogP contribution in [0.1, 0.15) is 17.4 Å². The number of hydrogen-bond acceptors (Lipinski definition) is 7. The molecule has 8 heteroatoms. The number of benzene rings is 2. The molecule has 4 aromatic rings. The van der Waals surface area contributed by atoms with Gasteiger partial charge in [0, 0.05) is 5.56 Å². The summed E-state index contributed by atoms with van der Waals surface area (Å²) in [5.41, 5.74) is 3.34. The Balaban J connectivity index is 1.39. The van der Waals surface area contributed by atoms with Crippen molar-refractivity contribution in [1.82, 2.24) is 25.1 Å². The van der Waals surface area contributed by atoms with Crippen molar-refractivity contribution in [2.75, 3.05) is 7.11 Å². The van der Waals surface area contributed by atoms with Gasteiger partial charge in [-0.1, -0.05) is 40.7 Å². The van der Waals surface area contributed by atoms with Gasteiger partial charge in [-0.2, -0.15) is 4.98 Å². The largest absolute Gasteiger partial charge is 0.497 e. The van der Waals surface area contributed by atoms with Gasteiger partial charge in [-0.05, 0) is 29.8 Å². The SMILES string of the molecule is COc1ccc(C2Cn3nnc(-c4noc(-c5ccccc5)n4)c3CO2)cc1. The Morgan fingerprint density at radius 1 is 1.07 bits per heavy atom. The Hall–Kier alpha value is -3.52. The molecule has 0 spiro atoms. The summed E-state index contributed by atoms with van der Waals surface area (Å²) in [5, 5.41) is 12.6. The van der Waals surface area contributed by atoms with Crippen LogP contribution in [0.15, 0.2) is 59.1 Å². The maximum Gasteiger partial charge on any atom is 0.258 e. The molecule has 8 nitrogen and oxygen atoms in total. The summed E-state index contributed by atoms with van der Waals surface area (Å²) < 4.78 is 18.5. The van der Waals surface area contributed by atoms with E-state index in [0.717, 1.165) is 22.6 Å². The smallest absolute Gasteiger partial charge is 0.258 e. The van der Waals surface area contributed by atoms with Crippen LogP contribution in [0.2, 0.25) is 0 Å². The third kappa shape index (κ3) is 2.93. The van der Waals surface area contributed by atoms with Gasteiger partial charge < -0.3 is 14.0 Å². The molecule has 140 valence electrons. The zero-order valence-electron chi connectivity index (χ0n) is 15.1. The molecule has 0 radical (unpaired) electrons. The van der Waals surface area contributed by atoms with Gasteiger partial charge in [0.05, 0.1) is 26.0 Å². The molecule has 3 heterocycles. The summed E-state index contributed by atoms with van der Waals surface area (Å²) in [7, 11) is 1.65. The topological polar surface area (TPSA) is 88.1 Å². The van der Waals surface area contributed by atoms with Crippen LogP contribution >= 0.6 is 0 Å². The van der Waals surface area contributed by atoms with E-state index in [1.807, 2.05) is 59.3 Å². The molecular formula is C20H17N5O3. The standard InChI is InChI=1S/C20H17N5O3/c1-26-15-9-7-13(8-10-15)17-11-25-16(12-27-17)18(22-24-25)19-21-20(28-23-19)14-5-3-2-4-6-14/h2-10,17H,11-12H2,1H3. The number of rotatable bonds is 4. The van der Waals surface area contributed by atoms with Crippen LogP contribution in [0, 0.1) is 0 Å². The zero-order valence-corrected chi connectivity index (χ0v) is 15.1. The minimum absolute atomic E-state index is 0.0990. The first kappa shape index (κ1) is 16.6. The average Bonchev–Trinajstić information content (AvgIpc) is 3.41. The number of methoxy groups -OCH3 is 1. The molecule has 28 heavy (non-hydrogen) atoms. The number of hydrogen-bond donors (Lipinski definition) is 0. The summed E-state index contributed by atoms with van der Waals surface area (Å²) in [5.74, 6) is 1.67. The van der Waals surface area contributed by atoms with Crippen molar-refractivity contribution in [3.8, 4) is 28.7 Å². The van der Waals surface area contributed by atoms with Crippen LogP contribution in [0.25, 0.3) is 23.0 Å². The predicted molar refractivity (Wildman–Crippen MR) is 99.3 cm³/mol. The predicted octanol–water partition coefficient (Wildman–Crippen LogP) is 3.28. The van der Waals surface area contributed by atoms with E-state index < -0.39 is 0 Å². The molecule has 0 saturated heterocycles. The van der Waals surface area contributed by atoms with Gasteiger partial charge in [-0.25, -0.2) is 4.68 Å². The second-order valence-electron chi connectivity index (χ2n) is 6.43. The highest BCUT2D eigenvalue weighted by molar-refractivity contribution is 5.58. The molecular weight excluding hydrogens is 358 g/mol. The molecule has 1 aliphatic rings. The van der Waals surface area contributed by atoms with E-state index in [9.17, 15) is 0 Å². The minimum atomic E-state index is -0.0990. The monoisotopic (exact) mass is 375 g/mol. The average molecular weight is 375 g/mol. The van der Waals surface area contributed by atoms with Crippen LogP contribution in [-0.4, -0.2) is 32.2 Å². The summed E-state index contributed by atoms with van der Waals surface area (Å²) >= 11 is 0. The van der Waals surface area contributed by atoms with Gasteiger partial charge in [0.1, 0.15) is 11.9 Å². The maximum absolute atomic E-state index is 6.05. The van der Waals surface area contributed by atoms with Gasteiger partial charge in [0.2, 0.25) is 5.82 Å². The van der Waals surface area contributed by atoms with Crippen molar-refractivity contribution in [3.63, 3.8) is 0 Å². The summed E-state index contributed by atoms with van der Waals surface area (Å²) in [4.78, 5) is 4.46. The van der Waals surface area contributed by atoms with Crippen LogP contribution in [-0.2, 0) is 17.9 Å². The first-order valence-corrected chi connectivity index (χ1v) is 8.89. The third-order valence-corrected chi connectivity index (χ3v) is 4.74. The van der Waals surface area contributed by atoms with E-state index >= 15 is 0 Å². The van der Waals surface area contributed by atoms with Crippen molar-refractivity contribution in [2.45, 2.75) is 19.3 Å². The van der Waals surface area contributed by atoms with Crippen molar-refractivity contribution in [1.29, 1.82) is 0 Å². The molecule has 1 aliphatic heterocycles. The number of fused-ring (bicyclic) bond motifs is 1. The van der Waals surface area contributed by atoms with E-state index in [1.54, 1.807) is 7.11 Å². The van der Waals surface area contributed by atoms with Gasteiger partial charge in [-0.3, -0.25) is 0 Å². The minimum Gasteiger partial charge on any atom is -0.497 e. The normalized spacial score (nSPS) is 16.0. The zero-order chi connectivity index (χ0) is 18.9. The van der Waals surface area contributed by atoms with E-state index in [1.165, 1.54) is 0 Å². The van der Waals surface area contributed by atoms with Gasteiger partial charge >= 0.3 is 0 Å². The molecule has 0 fully saturated rings. The fourth-order valence-corrected chi connectivity index (χ4v) is 3.22. The Bertz CT molecular complexity index is 1090. The van der Waals surface area contributed by atoms with E-state index in [-0.39, 0.29) is 6.10 Å². The molecule has 2 aromatic heterocycles. The fourth-order valence-electron chi connectivity index (χ4n) is 3.22. The Kier molecular flexibility index (Phi) is 4.10. The Morgan fingerprint density at radius 2 is 1.89 bits per heavy atom. The van der Waals surface area contributed by atoms with Crippen molar-refractivity contribution in [3.05, 3.63) is 65.9 Å². The highest BCUT2D eigenvalue weighted by Crippen LogP contribution is 2.31. The second kappa shape index (κ2) is 6.90. The number of ether oxygens (including phenoxy) is 2. The Morgan fingerprint density at radius 3 is 2.68 bits per heavy atom. The first-order chi connectivity index (χ1) is 13.8. The van der Waals surface area contributed by atoms with Crippen LogP contribution in [0.4, 0.5) is 0 Å². The molecule has 5 rings (SSSR count). The number of nitrogens with zero attached hydrogens (tertiary/aromatic N) is 5. The van der Waals surface area contributed by atoms with Crippen molar-refractivity contribution >= 4 is 0 Å². The van der Waals surface area contributed by atoms with Crippen LogP contribution in [0.3, 0.4) is 0 Å². The van der Waals surface area contributed by atoms with E-state index in [2.05, 4.69) is 20.5 Å². The van der Waals surface area contributed by atoms with E-state index in [4.69, 9.17) is 14.0 Å². The molecule has 0 amide bonds. The lowest BCUT2D eigenvalue weighted by Crippen LogP contribution is -2.22. The molecule has 1 atom stereocenters. The summed E-state index contributed by atoms with van der Waals surface area (Å²) in [6.45, 7) is 0.937. The van der Waals surface area contributed by atoms with Gasteiger partial charge in [0.25, 0.3) is 5.89 Å². The van der Waals surface area contributed by atoms with Gasteiger partial charge in [-0.15, -0.1) is 5.10 Å². The maximum atomic E-state index is 6.05. The van der Waals surface area contributed by atoms with E-state index in [0.29, 0.717) is 30.6 Å². The fraction of sp³-hybridized carbons (Fsp3) is 0.200.